The average molecular weight is 322 g/mol. The number of aromatic nitrogens is 2. The average Bonchev–Trinajstić information content (AvgIpc) is 3.07. The molecule has 2 heterocycles. The Morgan fingerprint density at radius 1 is 1.41 bits per heavy atom. The third-order valence-electron chi connectivity index (χ3n) is 3.10. The summed E-state index contributed by atoms with van der Waals surface area (Å²) in [6.45, 7) is 6.86. The molecule has 0 aliphatic rings. The maximum absolute atomic E-state index is 11.6. The number of aryl methyl sites for hydroxylation is 1. The molecule has 120 valence electrons. The molecule has 22 heavy (non-hydrogen) atoms. The van der Waals surface area contributed by atoms with E-state index in [1.54, 1.807) is 11.3 Å². The van der Waals surface area contributed by atoms with Gasteiger partial charge < -0.3 is 9.26 Å². The Bertz CT molecular complexity index is 585. The summed E-state index contributed by atoms with van der Waals surface area (Å²) in [4.78, 5) is 16.9. The van der Waals surface area contributed by atoms with Crippen LogP contribution in [0.1, 0.15) is 45.9 Å². The number of carbonyl (C=O) groups excluding carboxylic acids is 1. The van der Waals surface area contributed by atoms with Gasteiger partial charge in [0.05, 0.1) is 11.5 Å². The Morgan fingerprint density at radius 3 is 2.91 bits per heavy atom. The molecule has 6 heteroatoms. The van der Waals surface area contributed by atoms with E-state index in [2.05, 4.69) is 30.9 Å². The summed E-state index contributed by atoms with van der Waals surface area (Å²) in [6, 6.07) is 3.90. The molecule has 0 spiro atoms. The molecule has 0 radical (unpaired) electrons. The number of thiophene rings is 1. The van der Waals surface area contributed by atoms with Crippen molar-refractivity contribution >= 4 is 17.3 Å². The molecule has 2 rings (SSSR count). The Morgan fingerprint density at radius 2 is 2.23 bits per heavy atom. The van der Waals surface area contributed by atoms with Gasteiger partial charge in [0.15, 0.2) is 0 Å². The largest absolute Gasteiger partial charge is 0.466 e. The van der Waals surface area contributed by atoms with Gasteiger partial charge in [0.1, 0.15) is 0 Å². The van der Waals surface area contributed by atoms with E-state index in [4.69, 9.17) is 9.26 Å². The molecule has 0 saturated carbocycles. The lowest BCUT2D eigenvalue weighted by atomic mass is 9.93. The smallest absolute Gasteiger partial charge is 0.305 e. The maximum atomic E-state index is 11.6. The first-order chi connectivity index (χ1) is 10.4. The van der Waals surface area contributed by atoms with Crippen LogP contribution in [0.3, 0.4) is 0 Å². The minimum Gasteiger partial charge on any atom is -0.466 e. The first-order valence-corrected chi connectivity index (χ1v) is 8.34. The SMILES string of the molecule is CC(C)(C)CCOC(=O)CCCc1nc(-c2cccs2)no1. The summed E-state index contributed by atoms with van der Waals surface area (Å²) in [7, 11) is 0. The third-order valence-corrected chi connectivity index (χ3v) is 3.96. The fourth-order valence-corrected chi connectivity index (χ4v) is 2.44. The second kappa shape index (κ2) is 7.54. The molecule has 2 aromatic rings. The van der Waals surface area contributed by atoms with Gasteiger partial charge in [-0.15, -0.1) is 11.3 Å². The Hall–Kier alpha value is -1.69. The van der Waals surface area contributed by atoms with Crippen LogP contribution in [0.5, 0.6) is 0 Å². The summed E-state index contributed by atoms with van der Waals surface area (Å²) in [5, 5.41) is 5.91. The van der Waals surface area contributed by atoms with Crippen LogP contribution in [-0.2, 0) is 16.0 Å². The minimum atomic E-state index is -0.165. The van der Waals surface area contributed by atoms with Gasteiger partial charge in [0, 0.05) is 12.8 Å². The van der Waals surface area contributed by atoms with Gasteiger partial charge >= 0.3 is 5.97 Å². The fourth-order valence-electron chi connectivity index (χ4n) is 1.79. The topological polar surface area (TPSA) is 65.2 Å². The quantitative estimate of drug-likeness (QED) is 0.718. The number of hydrogen-bond donors (Lipinski definition) is 0. The molecular formula is C16H22N2O3S. The van der Waals surface area contributed by atoms with E-state index >= 15 is 0 Å². The van der Waals surface area contributed by atoms with Crippen molar-refractivity contribution in [3.8, 4) is 10.7 Å². The molecule has 0 unspecified atom stereocenters. The van der Waals surface area contributed by atoms with Crippen molar-refractivity contribution in [1.29, 1.82) is 0 Å². The molecule has 0 fully saturated rings. The van der Waals surface area contributed by atoms with E-state index in [1.165, 1.54) is 0 Å². The van der Waals surface area contributed by atoms with Gasteiger partial charge in [-0.05, 0) is 29.7 Å². The molecule has 0 atom stereocenters. The van der Waals surface area contributed by atoms with Crippen molar-refractivity contribution in [1.82, 2.24) is 10.1 Å². The van der Waals surface area contributed by atoms with Gasteiger partial charge in [-0.2, -0.15) is 4.98 Å². The molecular weight excluding hydrogens is 300 g/mol. The lowest BCUT2D eigenvalue weighted by molar-refractivity contribution is -0.144. The second-order valence-corrected chi connectivity index (χ2v) is 7.32. The van der Waals surface area contributed by atoms with Gasteiger partial charge in [-0.25, -0.2) is 0 Å². The van der Waals surface area contributed by atoms with Crippen LogP contribution in [0.2, 0.25) is 0 Å². The molecule has 0 bridgehead atoms. The highest BCUT2D eigenvalue weighted by Crippen LogP contribution is 2.21. The van der Waals surface area contributed by atoms with Crippen LogP contribution in [-0.4, -0.2) is 22.7 Å². The van der Waals surface area contributed by atoms with E-state index in [0.29, 0.717) is 37.6 Å². The zero-order valence-electron chi connectivity index (χ0n) is 13.3. The van der Waals surface area contributed by atoms with Crippen LogP contribution in [0.15, 0.2) is 22.0 Å². The number of carbonyl (C=O) groups is 1. The van der Waals surface area contributed by atoms with E-state index in [1.807, 2.05) is 17.5 Å². The molecule has 2 aromatic heterocycles. The van der Waals surface area contributed by atoms with E-state index in [9.17, 15) is 4.79 Å². The molecule has 0 aliphatic heterocycles. The Kier molecular flexibility index (Phi) is 5.71. The minimum absolute atomic E-state index is 0.165. The monoisotopic (exact) mass is 322 g/mol. The first-order valence-electron chi connectivity index (χ1n) is 7.46. The predicted octanol–water partition coefficient (Wildman–Crippen LogP) is 4.10. The van der Waals surface area contributed by atoms with E-state index in [-0.39, 0.29) is 11.4 Å². The lowest BCUT2D eigenvalue weighted by Crippen LogP contribution is -2.13. The van der Waals surface area contributed by atoms with E-state index < -0.39 is 0 Å². The highest BCUT2D eigenvalue weighted by atomic mass is 32.1. The number of esters is 1. The molecule has 0 saturated heterocycles. The van der Waals surface area contributed by atoms with Gasteiger partial charge in [-0.1, -0.05) is 32.0 Å². The number of hydrogen-bond acceptors (Lipinski definition) is 6. The molecule has 0 aliphatic carbocycles. The molecule has 0 amide bonds. The molecule has 5 nitrogen and oxygen atoms in total. The summed E-state index contributed by atoms with van der Waals surface area (Å²) >= 11 is 1.57. The van der Waals surface area contributed by atoms with Crippen LogP contribution in [0.25, 0.3) is 10.7 Å². The van der Waals surface area contributed by atoms with Crippen molar-refractivity contribution in [2.75, 3.05) is 6.61 Å². The summed E-state index contributed by atoms with van der Waals surface area (Å²) in [6.07, 6.45) is 2.49. The van der Waals surface area contributed by atoms with Crippen molar-refractivity contribution in [3.05, 3.63) is 23.4 Å². The normalized spacial score (nSPS) is 11.6. The summed E-state index contributed by atoms with van der Waals surface area (Å²) in [5.41, 5.74) is 0.183. The predicted molar refractivity (Wildman–Crippen MR) is 85.6 cm³/mol. The van der Waals surface area contributed by atoms with Crippen LogP contribution < -0.4 is 0 Å². The van der Waals surface area contributed by atoms with Gasteiger partial charge in [-0.3, -0.25) is 4.79 Å². The zero-order chi connectivity index (χ0) is 16.0. The van der Waals surface area contributed by atoms with Crippen molar-refractivity contribution in [2.45, 2.75) is 46.5 Å². The highest BCUT2D eigenvalue weighted by molar-refractivity contribution is 7.13. The number of ether oxygens (including phenoxy) is 1. The highest BCUT2D eigenvalue weighted by Gasteiger charge is 2.13. The zero-order valence-corrected chi connectivity index (χ0v) is 14.1. The van der Waals surface area contributed by atoms with Crippen molar-refractivity contribution < 1.29 is 14.1 Å². The number of nitrogens with zero attached hydrogens (tertiary/aromatic N) is 2. The summed E-state index contributed by atoms with van der Waals surface area (Å²) in [5.74, 6) is 1.01. The summed E-state index contributed by atoms with van der Waals surface area (Å²) < 4.78 is 10.4. The Labute approximate surface area is 134 Å². The van der Waals surface area contributed by atoms with Crippen LogP contribution in [0.4, 0.5) is 0 Å². The maximum Gasteiger partial charge on any atom is 0.305 e. The van der Waals surface area contributed by atoms with Crippen LogP contribution >= 0.6 is 11.3 Å². The fraction of sp³-hybridized carbons (Fsp3) is 0.562. The molecule has 0 aromatic carbocycles. The second-order valence-electron chi connectivity index (χ2n) is 6.37. The van der Waals surface area contributed by atoms with Crippen LogP contribution in [0, 0.1) is 5.41 Å². The van der Waals surface area contributed by atoms with Gasteiger partial charge in [0.25, 0.3) is 0 Å². The van der Waals surface area contributed by atoms with Crippen molar-refractivity contribution in [2.24, 2.45) is 5.41 Å². The number of rotatable bonds is 7. The van der Waals surface area contributed by atoms with E-state index in [0.717, 1.165) is 11.3 Å². The standard InChI is InChI=1S/C16H22N2O3S/c1-16(2,3)9-10-20-14(19)8-4-7-13-17-15(18-21-13)12-6-5-11-22-12/h5-6,11H,4,7-10H2,1-3H3. The molecule has 0 N–H and O–H groups in total. The lowest BCUT2D eigenvalue weighted by Gasteiger charge is -2.17. The van der Waals surface area contributed by atoms with Gasteiger partial charge in [0.2, 0.25) is 11.7 Å². The third kappa shape index (κ3) is 5.60. The Balaban J connectivity index is 1.67. The first kappa shape index (κ1) is 16.7. The van der Waals surface area contributed by atoms with Crippen molar-refractivity contribution in [3.63, 3.8) is 0 Å².